The van der Waals surface area contributed by atoms with Gasteiger partial charge in [-0.25, -0.2) is 0 Å². The van der Waals surface area contributed by atoms with Crippen LogP contribution in [0.25, 0.3) is 10.9 Å². The summed E-state index contributed by atoms with van der Waals surface area (Å²) in [6.07, 6.45) is 0. The molecule has 0 aliphatic rings. The van der Waals surface area contributed by atoms with Crippen LogP contribution in [0.3, 0.4) is 0 Å². The summed E-state index contributed by atoms with van der Waals surface area (Å²) in [5.74, 6) is 0. The number of halogens is 1. The Morgan fingerprint density at radius 2 is 2.00 bits per heavy atom. The van der Waals surface area contributed by atoms with Crippen molar-refractivity contribution in [3.63, 3.8) is 0 Å². The van der Waals surface area contributed by atoms with Gasteiger partial charge in [-0.15, -0.1) is 12.4 Å². The lowest BCUT2D eigenvalue weighted by Crippen LogP contribution is -2.08. The molecular weight excluding hydrogens is 200 g/mol. The fourth-order valence-electron chi connectivity index (χ4n) is 1.36. The van der Waals surface area contributed by atoms with Crippen molar-refractivity contribution in [2.45, 2.75) is 6.54 Å². The van der Waals surface area contributed by atoms with Crippen molar-refractivity contribution >= 4 is 23.3 Å². The number of fused-ring (bicyclic) bond motifs is 1. The number of aromatic nitrogens is 1. The van der Waals surface area contributed by atoms with E-state index in [0.717, 1.165) is 11.2 Å². The van der Waals surface area contributed by atoms with E-state index in [9.17, 15) is 4.79 Å². The summed E-state index contributed by atoms with van der Waals surface area (Å²) < 4.78 is 0. The highest BCUT2D eigenvalue weighted by atomic mass is 35.5. The van der Waals surface area contributed by atoms with Crippen LogP contribution in [-0.2, 0) is 6.54 Å². The maximum atomic E-state index is 11.5. The van der Waals surface area contributed by atoms with E-state index in [4.69, 9.17) is 5.73 Å². The summed E-state index contributed by atoms with van der Waals surface area (Å²) in [5, 5.41) is 0.708. The Hall–Kier alpha value is -1.32. The molecule has 14 heavy (non-hydrogen) atoms. The van der Waals surface area contributed by atoms with E-state index in [-0.39, 0.29) is 17.8 Å². The van der Waals surface area contributed by atoms with Crippen molar-refractivity contribution in [2.75, 3.05) is 0 Å². The number of nitrogens with two attached hydrogens (primary N) is 1. The van der Waals surface area contributed by atoms with Gasteiger partial charge in [0.2, 0.25) is 0 Å². The second-order valence-electron chi connectivity index (χ2n) is 2.91. The van der Waals surface area contributed by atoms with Gasteiger partial charge in [0.05, 0.1) is 0 Å². The summed E-state index contributed by atoms with van der Waals surface area (Å²) in [6.45, 7) is 0.361. The van der Waals surface area contributed by atoms with Crippen molar-refractivity contribution in [3.8, 4) is 0 Å². The van der Waals surface area contributed by atoms with E-state index >= 15 is 0 Å². The molecule has 0 aliphatic carbocycles. The van der Waals surface area contributed by atoms with E-state index in [2.05, 4.69) is 4.98 Å². The van der Waals surface area contributed by atoms with Crippen molar-refractivity contribution in [3.05, 3.63) is 46.2 Å². The van der Waals surface area contributed by atoms with Gasteiger partial charge in [0, 0.05) is 29.2 Å². The minimum absolute atomic E-state index is 0. The summed E-state index contributed by atoms with van der Waals surface area (Å²) in [4.78, 5) is 14.6. The molecular formula is C10H11ClN2O. The van der Waals surface area contributed by atoms with Crippen LogP contribution in [0, 0.1) is 0 Å². The van der Waals surface area contributed by atoms with E-state index in [1.54, 1.807) is 12.1 Å². The van der Waals surface area contributed by atoms with Crippen LogP contribution in [0.1, 0.15) is 5.69 Å². The second-order valence-corrected chi connectivity index (χ2v) is 2.91. The Labute approximate surface area is 87.4 Å². The van der Waals surface area contributed by atoms with Crippen molar-refractivity contribution in [1.82, 2.24) is 4.98 Å². The van der Waals surface area contributed by atoms with Crippen LogP contribution >= 0.6 is 12.4 Å². The predicted octanol–water partition coefficient (Wildman–Crippen LogP) is 1.41. The number of benzene rings is 1. The lowest BCUT2D eigenvalue weighted by molar-refractivity contribution is 1.00. The first-order valence-corrected chi connectivity index (χ1v) is 4.12. The van der Waals surface area contributed by atoms with Crippen molar-refractivity contribution in [2.24, 2.45) is 5.73 Å². The highest BCUT2D eigenvalue weighted by molar-refractivity contribution is 5.85. The maximum Gasteiger partial charge on any atom is 0.189 e. The van der Waals surface area contributed by atoms with Crippen LogP contribution in [0.2, 0.25) is 0 Å². The van der Waals surface area contributed by atoms with Crippen LogP contribution in [0.4, 0.5) is 0 Å². The Balaban J connectivity index is 0.000000980. The molecule has 1 aromatic carbocycles. The van der Waals surface area contributed by atoms with Crippen LogP contribution in [-0.4, -0.2) is 4.98 Å². The molecule has 0 amide bonds. The minimum Gasteiger partial charge on any atom is -0.357 e. The molecule has 0 aliphatic heterocycles. The monoisotopic (exact) mass is 210 g/mol. The molecule has 4 heteroatoms. The Bertz CT molecular complexity index is 493. The third-order valence-corrected chi connectivity index (χ3v) is 2.01. The van der Waals surface area contributed by atoms with Gasteiger partial charge < -0.3 is 10.7 Å². The summed E-state index contributed by atoms with van der Waals surface area (Å²) in [5.41, 5.74) is 7.07. The smallest absolute Gasteiger partial charge is 0.189 e. The average Bonchev–Trinajstić information content (AvgIpc) is 2.18. The topological polar surface area (TPSA) is 58.9 Å². The largest absolute Gasteiger partial charge is 0.357 e. The van der Waals surface area contributed by atoms with Gasteiger partial charge in [0.25, 0.3) is 0 Å². The van der Waals surface area contributed by atoms with Gasteiger partial charge in [0.1, 0.15) is 0 Å². The van der Waals surface area contributed by atoms with E-state index < -0.39 is 0 Å². The SMILES string of the molecule is Cl.NCc1cc(=O)c2ccccc2[nH]1. The van der Waals surface area contributed by atoms with Gasteiger partial charge in [-0.05, 0) is 12.1 Å². The predicted molar refractivity (Wildman–Crippen MR) is 59.7 cm³/mol. The highest BCUT2D eigenvalue weighted by Gasteiger charge is 1.98. The van der Waals surface area contributed by atoms with Crippen molar-refractivity contribution < 1.29 is 0 Å². The molecule has 2 rings (SSSR count). The molecule has 2 aromatic rings. The third kappa shape index (κ3) is 1.78. The maximum absolute atomic E-state index is 11.5. The van der Waals surface area contributed by atoms with E-state index in [1.165, 1.54) is 0 Å². The molecule has 0 fully saturated rings. The molecule has 1 heterocycles. The quantitative estimate of drug-likeness (QED) is 0.748. The standard InChI is InChI=1S/C10H10N2O.ClH/c11-6-7-5-10(13)8-3-1-2-4-9(8)12-7;/h1-5H,6,11H2,(H,12,13);1H. The molecule has 0 saturated heterocycles. The molecule has 3 N–H and O–H groups in total. The summed E-state index contributed by atoms with van der Waals surface area (Å²) >= 11 is 0. The van der Waals surface area contributed by atoms with Crippen LogP contribution in [0.15, 0.2) is 35.1 Å². The molecule has 0 bridgehead atoms. The van der Waals surface area contributed by atoms with Gasteiger partial charge in [-0.3, -0.25) is 4.79 Å². The minimum atomic E-state index is 0. The highest BCUT2D eigenvalue weighted by Crippen LogP contribution is 2.06. The van der Waals surface area contributed by atoms with E-state index in [0.29, 0.717) is 11.9 Å². The zero-order valence-electron chi connectivity index (χ0n) is 7.49. The number of H-pyrrole nitrogens is 1. The first-order chi connectivity index (χ1) is 6.31. The molecule has 74 valence electrons. The van der Waals surface area contributed by atoms with E-state index in [1.807, 2.05) is 18.2 Å². The molecule has 0 spiro atoms. The Morgan fingerprint density at radius 1 is 1.29 bits per heavy atom. The van der Waals surface area contributed by atoms with Gasteiger partial charge >= 0.3 is 0 Å². The van der Waals surface area contributed by atoms with Crippen LogP contribution in [0.5, 0.6) is 0 Å². The molecule has 1 aromatic heterocycles. The Morgan fingerprint density at radius 3 is 2.71 bits per heavy atom. The normalized spacial score (nSPS) is 9.79. The van der Waals surface area contributed by atoms with Gasteiger partial charge in [-0.1, -0.05) is 12.1 Å². The van der Waals surface area contributed by atoms with Gasteiger partial charge in [0.15, 0.2) is 5.43 Å². The third-order valence-electron chi connectivity index (χ3n) is 2.01. The fourth-order valence-corrected chi connectivity index (χ4v) is 1.36. The lowest BCUT2D eigenvalue weighted by Gasteiger charge is -2.00. The molecule has 3 nitrogen and oxygen atoms in total. The number of nitrogens with one attached hydrogen (secondary N) is 1. The number of rotatable bonds is 1. The zero-order valence-corrected chi connectivity index (χ0v) is 8.30. The molecule has 0 saturated carbocycles. The first kappa shape index (κ1) is 10.8. The number of hydrogen-bond acceptors (Lipinski definition) is 2. The van der Waals surface area contributed by atoms with Crippen molar-refractivity contribution in [1.29, 1.82) is 0 Å². The average molecular weight is 211 g/mol. The number of para-hydroxylation sites is 1. The number of pyridine rings is 1. The fraction of sp³-hybridized carbons (Fsp3) is 0.100. The molecule has 0 radical (unpaired) electrons. The summed E-state index contributed by atoms with van der Waals surface area (Å²) in [6, 6.07) is 8.95. The second kappa shape index (κ2) is 4.26. The number of hydrogen-bond donors (Lipinski definition) is 2. The Kier molecular flexibility index (Phi) is 3.28. The number of aromatic amines is 1. The zero-order chi connectivity index (χ0) is 9.26. The van der Waals surface area contributed by atoms with Crippen LogP contribution < -0.4 is 11.2 Å². The molecule has 0 unspecified atom stereocenters. The molecule has 0 atom stereocenters. The van der Waals surface area contributed by atoms with Gasteiger partial charge in [-0.2, -0.15) is 0 Å². The summed E-state index contributed by atoms with van der Waals surface area (Å²) in [7, 11) is 0. The lowest BCUT2D eigenvalue weighted by atomic mass is 10.2. The first-order valence-electron chi connectivity index (χ1n) is 4.12.